The molecule has 0 radical (unpaired) electrons. The quantitative estimate of drug-likeness (QED) is 0.360. The summed E-state index contributed by atoms with van der Waals surface area (Å²) in [6.07, 6.45) is 1.78. The fourth-order valence-corrected chi connectivity index (χ4v) is 5.97. The number of aliphatic imine (C=N–C) groups is 1. The van der Waals surface area contributed by atoms with Crippen molar-refractivity contribution in [1.29, 1.82) is 0 Å². The van der Waals surface area contributed by atoms with Crippen molar-refractivity contribution in [3.05, 3.63) is 43.9 Å². The van der Waals surface area contributed by atoms with Gasteiger partial charge in [0.25, 0.3) is 5.91 Å². The molecule has 1 amide bonds. The minimum atomic E-state index is -0.448. The van der Waals surface area contributed by atoms with Gasteiger partial charge in [0.2, 0.25) is 0 Å². The van der Waals surface area contributed by atoms with E-state index in [0.29, 0.717) is 51.6 Å². The van der Waals surface area contributed by atoms with Gasteiger partial charge in [-0.1, -0.05) is 34.5 Å². The predicted molar refractivity (Wildman–Crippen MR) is 161 cm³/mol. The number of H-pyrrole nitrogens is 1. The second kappa shape index (κ2) is 13.0. The number of nitrogens with one attached hydrogen (secondary N) is 3. The molecule has 2 aliphatic heterocycles. The van der Waals surface area contributed by atoms with Gasteiger partial charge in [-0.2, -0.15) is 0 Å². The molecule has 2 aliphatic rings. The van der Waals surface area contributed by atoms with Crippen molar-refractivity contribution < 1.29 is 19.1 Å². The summed E-state index contributed by atoms with van der Waals surface area (Å²) in [4.78, 5) is 45.0. The lowest BCUT2D eigenvalue weighted by molar-refractivity contribution is 0.0530. The normalized spacial score (nSPS) is 20.8. The molecule has 1 saturated heterocycles. The smallest absolute Gasteiger partial charge is 0.350 e. The van der Waals surface area contributed by atoms with E-state index in [1.54, 1.807) is 21.0 Å². The van der Waals surface area contributed by atoms with Crippen LogP contribution in [0.25, 0.3) is 0 Å². The molecule has 3 N–H and O–H groups in total. The number of ether oxygens (including phenoxy) is 2. The highest BCUT2D eigenvalue weighted by atomic mass is 35.5. The molecule has 15 heteroatoms. The van der Waals surface area contributed by atoms with Crippen LogP contribution < -0.4 is 15.5 Å². The number of nitrogens with zero attached hydrogens (tertiary/aromatic N) is 5. The van der Waals surface area contributed by atoms with E-state index >= 15 is 0 Å². The molecule has 2 aromatic rings. The van der Waals surface area contributed by atoms with Crippen LogP contribution in [0.2, 0.25) is 10.0 Å². The highest BCUT2D eigenvalue weighted by Crippen LogP contribution is 2.32. The Morgan fingerprint density at radius 1 is 1.24 bits per heavy atom. The number of piperidine rings is 1. The number of methoxy groups -OCH3 is 1. The molecule has 4 heterocycles. The summed E-state index contributed by atoms with van der Waals surface area (Å²) in [5.41, 5.74) is 1.90. The lowest BCUT2D eigenvalue weighted by atomic mass is 10.0. The number of aromatic amines is 1. The zero-order chi connectivity index (χ0) is 30.0. The third-order valence-corrected chi connectivity index (χ3v) is 8.88. The second-order valence-corrected chi connectivity index (χ2v) is 11.9. The number of hydrogen-bond acceptors (Lipinski definition) is 11. The Balaban J connectivity index is 1.60. The number of allylic oxidation sites excluding steroid dienone is 1. The van der Waals surface area contributed by atoms with E-state index < -0.39 is 5.97 Å². The summed E-state index contributed by atoms with van der Waals surface area (Å²) in [6, 6.07) is -0.272. The fraction of sp³-hybridized carbons (Fsp3) is 0.538. The number of carbonyl (C=O) groups excluding carboxylic acids is 2. The zero-order valence-electron chi connectivity index (χ0n) is 24.2. The maximum Gasteiger partial charge on any atom is 0.350 e. The molecule has 2 aromatic heterocycles. The van der Waals surface area contributed by atoms with E-state index in [9.17, 15) is 9.59 Å². The molecule has 1 fully saturated rings. The van der Waals surface area contributed by atoms with Crippen LogP contribution in [-0.4, -0.2) is 111 Å². The Hall–Kier alpha value is -2.84. The Morgan fingerprint density at radius 3 is 2.56 bits per heavy atom. The third-order valence-electron chi connectivity index (χ3n) is 6.83. The van der Waals surface area contributed by atoms with Crippen LogP contribution in [0.15, 0.2) is 16.9 Å². The number of aromatic nitrogens is 2. The van der Waals surface area contributed by atoms with Gasteiger partial charge in [-0.25, -0.2) is 14.8 Å². The van der Waals surface area contributed by atoms with Crippen LogP contribution in [0.1, 0.15) is 44.9 Å². The molecule has 0 aromatic carbocycles. The summed E-state index contributed by atoms with van der Waals surface area (Å²) in [7, 11) is 9.31. The zero-order valence-corrected chi connectivity index (χ0v) is 26.5. The number of carbonyl (C=O) groups is 2. The number of anilines is 1. The van der Waals surface area contributed by atoms with Crippen LogP contribution in [0, 0.1) is 6.92 Å². The van der Waals surface area contributed by atoms with Gasteiger partial charge in [0.15, 0.2) is 11.4 Å². The maximum atomic E-state index is 13.0. The molecular formula is C26H36Cl2N8O4S. The van der Waals surface area contributed by atoms with Crippen molar-refractivity contribution in [1.82, 2.24) is 30.4 Å². The van der Waals surface area contributed by atoms with Crippen molar-refractivity contribution in [3.63, 3.8) is 0 Å². The standard InChI is InChI=1S/C26H36Cl2N8O4S/c1-8-40-24(38)22-20(15-11-17(34(3)4)32-25(31-15)35(5)6)33-26(41-22)36-10-9-14(16(12-36)39-7)30-23(37)21-19(28)18(27)13(2)29-21/h11,14,16,25,29,32H,8-10,12H2,1-7H3,(H,30,37)/t14-,16+,25?/m1/s1. The number of halogens is 2. The number of esters is 1. The topological polar surface area (TPSA) is 127 Å². The minimum absolute atomic E-state index is 0.193. The maximum absolute atomic E-state index is 13.0. The van der Waals surface area contributed by atoms with Crippen molar-refractivity contribution in [2.45, 2.75) is 38.7 Å². The van der Waals surface area contributed by atoms with Gasteiger partial charge in [-0.3, -0.25) is 9.69 Å². The Bertz CT molecular complexity index is 1360. The molecule has 0 bridgehead atoms. The van der Waals surface area contributed by atoms with Crippen molar-refractivity contribution in [2.24, 2.45) is 4.99 Å². The summed E-state index contributed by atoms with van der Waals surface area (Å²) in [5.74, 6) is 0.0399. The van der Waals surface area contributed by atoms with Crippen molar-refractivity contribution in [2.75, 3.05) is 59.9 Å². The van der Waals surface area contributed by atoms with Crippen molar-refractivity contribution in [3.8, 4) is 0 Å². The van der Waals surface area contributed by atoms with Gasteiger partial charge in [0.05, 0.1) is 34.5 Å². The SMILES string of the molecule is CCOC(=O)c1sc(N2CC[C@@H](NC(=O)c3[nH]c(C)c(Cl)c3Cl)[C@@H](OC)C2)nc1C1=NC(N(C)C)NC(N(C)C)=C1. The average molecular weight is 628 g/mol. The van der Waals surface area contributed by atoms with Crippen LogP contribution in [0.4, 0.5) is 5.13 Å². The summed E-state index contributed by atoms with van der Waals surface area (Å²) >= 11 is 13.7. The second-order valence-electron chi connectivity index (χ2n) is 10.2. The number of rotatable bonds is 9. The van der Waals surface area contributed by atoms with E-state index in [0.717, 1.165) is 5.82 Å². The Labute approximate surface area is 253 Å². The molecule has 0 saturated carbocycles. The molecule has 3 atom stereocenters. The number of thiazole rings is 1. The lowest BCUT2D eigenvalue weighted by Gasteiger charge is -2.37. The molecular weight excluding hydrogens is 591 g/mol. The fourth-order valence-electron chi connectivity index (χ4n) is 4.55. The molecule has 0 aliphatic carbocycles. The highest BCUT2D eigenvalue weighted by molar-refractivity contribution is 7.17. The number of amides is 1. The first-order valence-corrected chi connectivity index (χ1v) is 14.7. The van der Waals surface area contributed by atoms with Crippen LogP contribution in [-0.2, 0) is 9.47 Å². The molecule has 12 nitrogen and oxygen atoms in total. The number of aryl methyl sites for hydroxylation is 1. The number of hydrogen-bond donors (Lipinski definition) is 3. The van der Waals surface area contributed by atoms with E-state index in [1.165, 1.54) is 11.3 Å². The van der Waals surface area contributed by atoms with Crippen molar-refractivity contribution >= 4 is 57.3 Å². The lowest BCUT2D eigenvalue weighted by Crippen LogP contribution is -2.55. The van der Waals surface area contributed by atoms with Gasteiger partial charge in [0.1, 0.15) is 22.1 Å². The van der Waals surface area contributed by atoms with Crippen LogP contribution >= 0.6 is 34.5 Å². The summed E-state index contributed by atoms with van der Waals surface area (Å²) in [6.45, 7) is 4.78. The molecule has 41 heavy (non-hydrogen) atoms. The van der Waals surface area contributed by atoms with Gasteiger partial charge in [0, 0.05) is 46.1 Å². The van der Waals surface area contributed by atoms with Gasteiger partial charge in [-0.05, 0) is 34.4 Å². The van der Waals surface area contributed by atoms with Crippen LogP contribution in [0.3, 0.4) is 0 Å². The predicted octanol–water partition coefficient (Wildman–Crippen LogP) is 2.93. The Morgan fingerprint density at radius 2 is 1.98 bits per heavy atom. The first kappa shape index (κ1) is 31.1. The summed E-state index contributed by atoms with van der Waals surface area (Å²) in [5, 5.41) is 7.55. The Kier molecular flexibility index (Phi) is 9.85. The summed E-state index contributed by atoms with van der Waals surface area (Å²) < 4.78 is 11.2. The average Bonchev–Trinajstić information content (AvgIpc) is 3.50. The van der Waals surface area contributed by atoms with E-state index in [2.05, 4.69) is 20.5 Å². The molecule has 224 valence electrons. The van der Waals surface area contributed by atoms with E-state index in [4.69, 9.17) is 42.7 Å². The first-order chi connectivity index (χ1) is 19.4. The largest absolute Gasteiger partial charge is 0.462 e. The molecule has 4 rings (SSSR count). The monoisotopic (exact) mass is 626 g/mol. The minimum Gasteiger partial charge on any atom is -0.462 e. The van der Waals surface area contributed by atoms with Gasteiger partial charge in [-0.15, -0.1) is 0 Å². The van der Waals surface area contributed by atoms with Gasteiger partial charge >= 0.3 is 5.97 Å². The van der Waals surface area contributed by atoms with Crippen LogP contribution in [0.5, 0.6) is 0 Å². The van der Waals surface area contributed by atoms with Gasteiger partial charge < -0.3 is 34.9 Å². The highest BCUT2D eigenvalue weighted by Gasteiger charge is 2.35. The van der Waals surface area contributed by atoms with E-state index in [-0.39, 0.29) is 41.7 Å². The molecule has 0 spiro atoms. The van der Waals surface area contributed by atoms with E-state index in [1.807, 2.05) is 44.1 Å². The first-order valence-electron chi connectivity index (χ1n) is 13.1. The molecule has 1 unspecified atom stereocenters. The third kappa shape index (κ3) is 6.64.